The van der Waals surface area contributed by atoms with E-state index >= 15 is 0 Å². The second-order valence-corrected chi connectivity index (χ2v) is 11.5. The van der Waals surface area contributed by atoms with Gasteiger partial charge in [-0.25, -0.2) is 0 Å². The summed E-state index contributed by atoms with van der Waals surface area (Å²) in [7, 11) is 0. The second kappa shape index (κ2) is 10.5. The molecule has 2 nitrogen and oxygen atoms in total. The minimum atomic E-state index is -8.81. The number of halogens is 18. The molecule has 0 bridgehead atoms. The van der Waals surface area contributed by atoms with E-state index in [9.17, 15) is 79.0 Å². The molecule has 0 fully saturated rings. The van der Waals surface area contributed by atoms with Crippen molar-refractivity contribution in [2.24, 2.45) is 5.41 Å². The maximum absolute atomic E-state index is 14.5. The lowest BCUT2D eigenvalue weighted by molar-refractivity contribution is -0.461. The fourth-order valence-electron chi connectivity index (χ4n) is 3.12. The molecule has 0 aromatic carbocycles. The summed E-state index contributed by atoms with van der Waals surface area (Å²) in [6, 6.07) is 0. The fourth-order valence-corrected chi connectivity index (χ4v) is 4.14. The third-order valence-corrected chi connectivity index (χ3v) is 7.06. The highest BCUT2D eigenvalue weighted by Gasteiger charge is 2.96. The van der Waals surface area contributed by atoms with Crippen LogP contribution in [0.15, 0.2) is 10.1 Å². The summed E-state index contributed by atoms with van der Waals surface area (Å²) in [5.74, 6) is -71.8. The molecular formula is C19H18F18N2S3. The summed E-state index contributed by atoms with van der Waals surface area (Å²) in [4.78, 5) is 0. The number of thiol groups is 2. The molecule has 1 rings (SSSR count). The monoisotopic (exact) mass is 712 g/mol. The Bertz CT molecular complexity index is 1220. The Morgan fingerprint density at radius 3 is 1.02 bits per heavy atom. The summed E-state index contributed by atoms with van der Waals surface area (Å²) in [5.41, 5.74) is -0.777. The van der Waals surface area contributed by atoms with Crippen molar-refractivity contribution in [2.75, 3.05) is 0 Å². The van der Waals surface area contributed by atoms with Gasteiger partial charge in [-0.05, 0) is 17.6 Å². The van der Waals surface area contributed by atoms with Crippen molar-refractivity contribution < 1.29 is 79.0 Å². The lowest BCUT2D eigenvalue weighted by atomic mass is 9.86. The fraction of sp³-hybridized carbons (Fsp3) is 0.842. The largest absolute Gasteiger partial charge is 0.385 e. The minimum Gasteiger partial charge on any atom is -0.311 e. The predicted molar refractivity (Wildman–Crippen MR) is 117 cm³/mol. The molecule has 0 aliphatic carbocycles. The number of hydrogen-bond acceptors (Lipinski definition) is 3. The van der Waals surface area contributed by atoms with Crippen molar-refractivity contribution in [3.8, 4) is 0 Å². The van der Waals surface area contributed by atoms with E-state index in [1.54, 1.807) is 0 Å². The predicted octanol–water partition coefficient (Wildman–Crippen LogP) is 9.38. The van der Waals surface area contributed by atoms with Gasteiger partial charge >= 0.3 is 53.3 Å². The van der Waals surface area contributed by atoms with Crippen LogP contribution in [0.4, 0.5) is 79.0 Å². The molecule has 23 heteroatoms. The van der Waals surface area contributed by atoms with Crippen LogP contribution in [-0.4, -0.2) is 62.4 Å². The maximum atomic E-state index is 14.5. The average molecular weight is 713 g/mol. The first-order chi connectivity index (χ1) is 17.9. The molecule has 0 aliphatic heterocycles. The third kappa shape index (κ3) is 5.48. The molecule has 0 spiro atoms. The van der Waals surface area contributed by atoms with Crippen molar-refractivity contribution in [3.05, 3.63) is 4.77 Å². The summed E-state index contributed by atoms with van der Waals surface area (Å²) >= 11 is 12.1. The molecule has 1 aromatic heterocycles. The van der Waals surface area contributed by atoms with Gasteiger partial charge in [0.2, 0.25) is 0 Å². The van der Waals surface area contributed by atoms with Crippen molar-refractivity contribution in [1.29, 1.82) is 0 Å². The molecule has 0 atom stereocenters. The standard InChI is InChI=1S/C19H18F18N2S3/c1-10(2,3)5-38-7(40)8(41)39(9(38)42)6-12(22,23)14(26,27)16(30,31)18(34,35)19(36,37)17(32,33)15(28,29)13(24,25)11(4,20)21/h40-41H,5-6H2,1-4H3. The third-order valence-electron chi connectivity index (χ3n) is 5.54. The molecule has 1 aromatic rings. The zero-order valence-corrected chi connectivity index (χ0v) is 23.5. The van der Waals surface area contributed by atoms with Gasteiger partial charge in [0.15, 0.2) is 4.77 Å². The second-order valence-electron chi connectivity index (χ2n) is 10.3. The number of alkyl halides is 18. The molecule has 0 radical (unpaired) electrons. The van der Waals surface area contributed by atoms with Gasteiger partial charge in [-0.1, -0.05) is 20.8 Å². The molecule has 0 aliphatic rings. The normalized spacial score (nSPS) is 15.9. The zero-order chi connectivity index (χ0) is 34.3. The first-order valence-electron chi connectivity index (χ1n) is 10.5. The number of rotatable bonds is 11. The Hall–Kier alpha value is -1.13. The molecule has 0 N–H and O–H groups in total. The van der Waals surface area contributed by atoms with Crippen LogP contribution >= 0.6 is 37.5 Å². The number of imidazole rings is 1. The van der Waals surface area contributed by atoms with Crippen molar-refractivity contribution >= 4 is 37.5 Å². The van der Waals surface area contributed by atoms with Crippen LogP contribution in [0, 0.1) is 10.2 Å². The van der Waals surface area contributed by atoms with Crippen LogP contribution in [0.25, 0.3) is 0 Å². The topological polar surface area (TPSA) is 9.86 Å². The van der Waals surface area contributed by atoms with Gasteiger partial charge < -0.3 is 9.13 Å². The summed E-state index contributed by atoms with van der Waals surface area (Å²) < 4.78 is 248. The van der Waals surface area contributed by atoms with Gasteiger partial charge in [-0.3, -0.25) is 0 Å². The van der Waals surface area contributed by atoms with Crippen LogP contribution in [0.3, 0.4) is 0 Å². The molecule has 42 heavy (non-hydrogen) atoms. The molecule has 1 heterocycles. The van der Waals surface area contributed by atoms with Crippen LogP contribution in [0.2, 0.25) is 0 Å². The quantitative estimate of drug-likeness (QED) is 0.132. The molecule has 0 saturated carbocycles. The van der Waals surface area contributed by atoms with Gasteiger partial charge in [-0.15, -0.1) is 25.3 Å². The highest BCUT2D eigenvalue weighted by molar-refractivity contribution is 7.83. The SMILES string of the molecule is CC(C)(C)Cn1c(S)c(S)n(CC(F)(F)C(F)(F)C(F)(F)C(F)(F)C(F)(F)C(F)(F)C(F)(F)C(F)(F)C(C)(F)F)c1=S. The Kier molecular flexibility index (Phi) is 9.69. The molecule has 0 amide bonds. The van der Waals surface area contributed by atoms with Crippen LogP contribution in [-0.2, 0) is 13.1 Å². The van der Waals surface area contributed by atoms with Gasteiger partial charge in [0.05, 0.1) is 6.54 Å². The number of hydrogen-bond donors (Lipinski definition) is 2. The van der Waals surface area contributed by atoms with Gasteiger partial charge in [0, 0.05) is 13.5 Å². The lowest BCUT2D eigenvalue weighted by Crippen LogP contribution is -2.76. The summed E-state index contributed by atoms with van der Waals surface area (Å²) in [6.07, 6.45) is 0. The van der Waals surface area contributed by atoms with E-state index in [2.05, 4.69) is 25.3 Å². The Labute approximate surface area is 240 Å². The Morgan fingerprint density at radius 1 is 0.476 bits per heavy atom. The van der Waals surface area contributed by atoms with Crippen LogP contribution in [0.5, 0.6) is 0 Å². The van der Waals surface area contributed by atoms with Crippen molar-refractivity contribution in [3.63, 3.8) is 0 Å². The lowest BCUT2D eigenvalue weighted by Gasteiger charge is -2.44. The Balaban J connectivity index is 3.77. The first-order valence-corrected chi connectivity index (χ1v) is 11.8. The summed E-state index contributed by atoms with van der Waals surface area (Å²) in [6.45, 7) is 0.0900. The van der Waals surface area contributed by atoms with Gasteiger partial charge in [-0.2, -0.15) is 79.0 Å². The molecule has 248 valence electrons. The van der Waals surface area contributed by atoms with E-state index in [-0.39, 0.29) is 11.1 Å². The van der Waals surface area contributed by atoms with Gasteiger partial charge in [0.1, 0.15) is 10.1 Å². The van der Waals surface area contributed by atoms with Gasteiger partial charge in [0.25, 0.3) is 0 Å². The average Bonchev–Trinajstić information content (AvgIpc) is 2.94. The van der Waals surface area contributed by atoms with Crippen LogP contribution in [0.1, 0.15) is 27.7 Å². The Morgan fingerprint density at radius 2 is 0.738 bits per heavy atom. The van der Waals surface area contributed by atoms with E-state index in [1.165, 1.54) is 20.8 Å². The molecular weight excluding hydrogens is 694 g/mol. The van der Waals surface area contributed by atoms with E-state index < -0.39 is 87.0 Å². The smallest absolute Gasteiger partial charge is 0.311 e. The first kappa shape index (κ1) is 38.9. The highest BCUT2D eigenvalue weighted by atomic mass is 32.1. The molecule has 0 unspecified atom stereocenters. The van der Waals surface area contributed by atoms with Crippen molar-refractivity contribution in [2.45, 2.75) is 104 Å². The van der Waals surface area contributed by atoms with Crippen LogP contribution < -0.4 is 0 Å². The minimum absolute atomic E-state index is 0.223. The maximum Gasteiger partial charge on any atom is 0.385 e. The van der Waals surface area contributed by atoms with E-state index in [0.717, 1.165) is 4.57 Å². The van der Waals surface area contributed by atoms with E-state index in [4.69, 9.17) is 12.2 Å². The van der Waals surface area contributed by atoms with E-state index in [0.29, 0.717) is 0 Å². The number of aromatic nitrogens is 2. The van der Waals surface area contributed by atoms with E-state index in [1.807, 2.05) is 0 Å². The summed E-state index contributed by atoms with van der Waals surface area (Å²) in [5, 5.41) is -1.39. The van der Waals surface area contributed by atoms with Crippen molar-refractivity contribution in [1.82, 2.24) is 9.13 Å². The molecule has 0 saturated heterocycles. The highest BCUT2D eigenvalue weighted by Crippen LogP contribution is 2.65. The number of nitrogens with zero attached hydrogens (tertiary/aromatic N) is 2. The zero-order valence-electron chi connectivity index (χ0n) is 20.9.